The van der Waals surface area contributed by atoms with Crippen LogP contribution in [0.4, 0.5) is 0 Å². The van der Waals surface area contributed by atoms with Gasteiger partial charge >= 0.3 is 0 Å². The zero-order chi connectivity index (χ0) is 23.6. The number of hydrogen-bond donors (Lipinski definition) is 2. The molecule has 1 aromatic rings. The van der Waals surface area contributed by atoms with E-state index in [1.54, 1.807) is 13.3 Å². The fourth-order valence-electron chi connectivity index (χ4n) is 8.65. The SMILES string of the molecule is COCC[C@H]1CC[C@@H]2[C@H]([C@H](O)C[C@]3(C)[C@@H](CCn4cc(C#N)cn4)CC[C@@H]23)[C@@]1(C)CCCO. The third-order valence-corrected chi connectivity index (χ3v) is 10.2. The standard InChI is InChI=1S/C27H43N3O3/c1-26(11-4-13-31)21(10-14-33-3)5-7-22-23-8-6-20(27(23,2)15-24(32)25(22)26)9-12-30-18-19(16-28)17-29-30/h17-18,20-25,31-32H,4-15H2,1-3H3/t20-,21-,22+,23+,24-,25-,26+,27-/m1/s1. The number of nitriles is 1. The number of aromatic nitrogens is 2. The van der Waals surface area contributed by atoms with Gasteiger partial charge in [0, 0.05) is 33.1 Å². The van der Waals surface area contributed by atoms with Crippen LogP contribution in [-0.4, -0.2) is 46.4 Å². The molecule has 0 aromatic carbocycles. The minimum Gasteiger partial charge on any atom is -0.396 e. The molecule has 3 saturated carbocycles. The van der Waals surface area contributed by atoms with Crippen LogP contribution in [0.3, 0.4) is 0 Å². The van der Waals surface area contributed by atoms with E-state index in [9.17, 15) is 10.2 Å². The molecule has 33 heavy (non-hydrogen) atoms. The Balaban J connectivity index is 1.52. The van der Waals surface area contributed by atoms with Gasteiger partial charge in [-0.2, -0.15) is 10.4 Å². The Morgan fingerprint density at radius 3 is 2.70 bits per heavy atom. The van der Waals surface area contributed by atoms with E-state index in [0.29, 0.717) is 35.2 Å². The van der Waals surface area contributed by atoms with E-state index in [1.807, 2.05) is 10.9 Å². The highest BCUT2D eigenvalue weighted by atomic mass is 16.5. The highest BCUT2D eigenvalue weighted by Crippen LogP contribution is 2.67. The van der Waals surface area contributed by atoms with Gasteiger partial charge in [0.05, 0.1) is 17.9 Å². The Morgan fingerprint density at radius 2 is 2.00 bits per heavy atom. The van der Waals surface area contributed by atoms with Crippen LogP contribution in [0.25, 0.3) is 0 Å². The number of methoxy groups -OCH3 is 1. The molecule has 0 saturated heterocycles. The number of aliphatic hydroxyl groups excluding tert-OH is 2. The third kappa shape index (κ3) is 4.49. The number of hydrogen-bond acceptors (Lipinski definition) is 5. The van der Waals surface area contributed by atoms with Crippen molar-refractivity contribution in [1.82, 2.24) is 9.78 Å². The van der Waals surface area contributed by atoms with E-state index in [2.05, 4.69) is 25.0 Å². The van der Waals surface area contributed by atoms with Gasteiger partial charge in [0.2, 0.25) is 0 Å². The maximum Gasteiger partial charge on any atom is 0.102 e. The summed E-state index contributed by atoms with van der Waals surface area (Å²) < 4.78 is 7.35. The second kappa shape index (κ2) is 10.1. The molecule has 0 unspecified atom stereocenters. The first-order valence-electron chi connectivity index (χ1n) is 13.1. The summed E-state index contributed by atoms with van der Waals surface area (Å²) in [5.41, 5.74) is 0.850. The lowest BCUT2D eigenvalue weighted by Crippen LogP contribution is -2.57. The molecule has 2 N–H and O–H groups in total. The van der Waals surface area contributed by atoms with E-state index in [-0.39, 0.29) is 23.5 Å². The van der Waals surface area contributed by atoms with Gasteiger partial charge in [0.1, 0.15) is 6.07 Å². The molecule has 1 aromatic heterocycles. The average Bonchev–Trinajstić information content (AvgIpc) is 3.39. The van der Waals surface area contributed by atoms with Crippen molar-refractivity contribution in [2.75, 3.05) is 20.3 Å². The number of fused-ring (bicyclic) bond motifs is 3. The predicted octanol–water partition coefficient (Wildman–Crippen LogP) is 4.40. The van der Waals surface area contributed by atoms with Crippen molar-refractivity contribution in [3.8, 4) is 6.07 Å². The highest BCUT2D eigenvalue weighted by Gasteiger charge is 2.61. The van der Waals surface area contributed by atoms with Crippen LogP contribution in [0, 0.1) is 51.8 Å². The molecule has 0 radical (unpaired) electrons. The summed E-state index contributed by atoms with van der Waals surface area (Å²) in [5.74, 6) is 2.69. The first kappa shape index (κ1) is 24.7. The van der Waals surface area contributed by atoms with Crippen molar-refractivity contribution < 1.29 is 14.9 Å². The molecule has 3 fully saturated rings. The van der Waals surface area contributed by atoms with Crippen molar-refractivity contribution in [2.45, 2.75) is 84.3 Å². The molecule has 1 heterocycles. The summed E-state index contributed by atoms with van der Waals surface area (Å²) in [7, 11) is 1.78. The molecule has 0 bridgehead atoms. The normalized spacial score (nSPS) is 40.2. The van der Waals surface area contributed by atoms with E-state index in [4.69, 9.17) is 10.00 Å². The number of aliphatic hydroxyl groups is 2. The van der Waals surface area contributed by atoms with Crippen LogP contribution in [-0.2, 0) is 11.3 Å². The van der Waals surface area contributed by atoms with Gasteiger partial charge in [-0.1, -0.05) is 13.8 Å². The van der Waals surface area contributed by atoms with Gasteiger partial charge in [0.25, 0.3) is 0 Å². The molecule has 6 heteroatoms. The lowest BCUT2D eigenvalue weighted by molar-refractivity contribution is -0.165. The van der Waals surface area contributed by atoms with Gasteiger partial charge in [-0.3, -0.25) is 4.68 Å². The average molecular weight is 458 g/mol. The zero-order valence-electron chi connectivity index (χ0n) is 20.7. The molecule has 0 spiro atoms. The summed E-state index contributed by atoms with van der Waals surface area (Å²) in [6.07, 6.45) is 12.9. The highest BCUT2D eigenvalue weighted by molar-refractivity contribution is 5.21. The quantitative estimate of drug-likeness (QED) is 0.573. The maximum absolute atomic E-state index is 11.7. The van der Waals surface area contributed by atoms with E-state index < -0.39 is 0 Å². The largest absolute Gasteiger partial charge is 0.396 e. The Bertz CT molecular complexity index is 835. The van der Waals surface area contributed by atoms with E-state index >= 15 is 0 Å². The van der Waals surface area contributed by atoms with Crippen molar-refractivity contribution in [2.24, 2.45) is 40.4 Å². The van der Waals surface area contributed by atoms with E-state index in [0.717, 1.165) is 45.3 Å². The minimum absolute atomic E-state index is 0.0613. The summed E-state index contributed by atoms with van der Waals surface area (Å²) in [4.78, 5) is 0. The fraction of sp³-hybridized carbons (Fsp3) is 0.852. The number of aryl methyl sites for hydroxylation is 1. The van der Waals surface area contributed by atoms with Gasteiger partial charge in [0.15, 0.2) is 0 Å². The first-order valence-corrected chi connectivity index (χ1v) is 13.1. The van der Waals surface area contributed by atoms with Crippen LogP contribution in [0.5, 0.6) is 0 Å². The van der Waals surface area contributed by atoms with Crippen molar-refractivity contribution in [1.29, 1.82) is 5.26 Å². The molecule has 3 aliphatic rings. The van der Waals surface area contributed by atoms with Crippen LogP contribution in [0.15, 0.2) is 12.4 Å². The molecule has 4 rings (SSSR count). The third-order valence-electron chi connectivity index (χ3n) is 10.2. The van der Waals surface area contributed by atoms with E-state index in [1.165, 1.54) is 25.7 Å². The Labute approximate surface area is 199 Å². The Kier molecular flexibility index (Phi) is 7.53. The number of rotatable bonds is 9. The lowest BCUT2D eigenvalue weighted by Gasteiger charge is -2.61. The van der Waals surface area contributed by atoms with Gasteiger partial charge in [-0.05, 0) is 98.2 Å². The van der Waals surface area contributed by atoms with Crippen molar-refractivity contribution in [3.63, 3.8) is 0 Å². The molecule has 0 aliphatic heterocycles. The summed E-state index contributed by atoms with van der Waals surface area (Å²) in [5, 5.41) is 34.7. The lowest BCUT2D eigenvalue weighted by atomic mass is 9.45. The van der Waals surface area contributed by atoms with Gasteiger partial charge in [-0.15, -0.1) is 0 Å². The minimum atomic E-state index is -0.277. The molecule has 0 amide bonds. The summed E-state index contributed by atoms with van der Waals surface area (Å²) >= 11 is 0. The van der Waals surface area contributed by atoms with Gasteiger partial charge in [-0.25, -0.2) is 0 Å². The monoisotopic (exact) mass is 457 g/mol. The van der Waals surface area contributed by atoms with Crippen LogP contribution in [0.1, 0.15) is 77.2 Å². The van der Waals surface area contributed by atoms with Crippen LogP contribution < -0.4 is 0 Å². The first-order chi connectivity index (χ1) is 15.9. The van der Waals surface area contributed by atoms with Crippen molar-refractivity contribution >= 4 is 0 Å². The fourth-order valence-corrected chi connectivity index (χ4v) is 8.65. The maximum atomic E-state index is 11.7. The van der Waals surface area contributed by atoms with Crippen molar-refractivity contribution in [3.05, 3.63) is 18.0 Å². The Hall–Kier alpha value is -1.42. The Morgan fingerprint density at radius 1 is 1.21 bits per heavy atom. The molecule has 6 nitrogen and oxygen atoms in total. The second-order valence-electron chi connectivity index (χ2n) is 11.6. The smallest absolute Gasteiger partial charge is 0.102 e. The molecule has 8 atom stereocenters. The zero-order valence-corrected chi connectivity index (χ0v) is 20.7. The number of ether oxygens (including phenoxy) is 1. The topological polar surface area (TPSA) is 91.3 Å². The summed E-state index contributed by atoms with van der Waals surface area (Å²) in [6.45, 7) is 6.69. The second-order valence-corrected chi connectivity index (χ2v) is 11.6. The van der Waals surface area contributed by atoms with Gasteiger partial charge < -0.3 is 14.9 Å². The number of nitrogens with zero attached hydrogens (tertiary/aromatic N) is 3. The molecule has 184 valence electrons. The van der Waals surface area contributed by atoms with Crippen LogP contribution in [0.2, 0.25) is 0 Å². The predicted molar refractivity (Wildman–Crippen MR) is 127 cm³/mol. The molecular formula is C27H43N3O3. The molecule has 3 aliphatic carbocycles. The molecular weight excluding hydrogens is 414 g/mol. The summed E-state index contributed by atoms with van der Waals surface area (Å²) in [6, 6.07) is 2.16. The van der Waals surface area contributed by atoms with Crippen LogP contribution >= 0.6 is 0 Å².